The summed E-state index contributed by atoms with van der Waals surface area (Å²) in [5.41, 5.74) is 1.00. The van der Waals surface area contributed by atoms with Crippen LogP contribution in [0.1, 0.15) is 24.9 Å². The Bertz CT molecular complexity index is 442. The Kier molecular flexibility index (Phi) is 6.01. The maximum atomic E-state index is 11.8. The van der Waals surface area contributed by atoms with Crippen molar-refractivity contribution >= 4 is 6.03 Å². The fourth-order valence-electron chi connectivity index (χ4n) is 2.32. The lowest BCUT2D eigenvalue weighted by Crippen LogP contribution is -2.40. The van der Waals surface area contributed by atoms with Crippen molar-refractivity contribution in [1.82, 2.24) is 25.3 Å². The van der Waals surface area contributed by atoms with Crippen LogP contribution in [0.4, 0.5) is 4.79 Å². The molecule has 7 heteroatoms. The average molecular weight is 295 g/mol. The van der Waals surface area contributed by atoms with E-state index in [1.54, 1.807) is 10.9 Å². The number of urea groups is 1. The highest BCUT2D eigenvalue weighted by atomic mass is 16.5. The summed E-state index contributed by atoms with van der Waals surface area (Å²) in [7, 11) is 1.86. The van der Waals surface area contributed by atoms with Crippen molar-refractivity contribution in [3.05, 3.63) is 18.0 Å². The molecular formula is C14H25N5O2. The molecule has 0 aliphatic carbocycles. The molecule has 7 nitrogen and oxygen atoms in total. The van der Waals surface area contributed by atoms with Gasteiger partial charge in [0.2, 0.25) is 0 Å². The van der Waals surface area contributed by atoms with Crippen molar-refractivity contribution in [2.24, 2.45) is 7.05 Å². The molecule has 1 aromatic rings. The molecule has 2 rings (SSSR count). The molecule has 2 N–H and O–H groups in total. The molecule has 0 unspecified atom stereocenters. The highest BCUT2D eigenvalue weighted by Gasteiger charge is 2.11. The highest BCUT2D eigenvalue weighted by molar-refractivity contribution is 5.74. The summed E-state index contributed by atoms with van der Waals surface area (Å²) in [6.45, 7) is 7.25. The number of morpholine rings is 1. The van der Waals surface area contributed by atoms with Crippen LogP contribution in [0.15, 0.2) is 12.4 Å². The van der Waals surface area contributed by atoms with Gasteiger partial charge in [-0.05, 0) is 19.9 Å². The van der Waals surface area contributed by atoms with E-state index < -0.39 is 0 Å². The van der Waals surface area contributed by atoms with Crippen molar-refractivity contribution in [1.29, 1.82) is 0 Å². The van der Waals surface area contributed by atoms with Crippen LogP contribution >= 0.6 is 0 Å². The SMILES string of the molecule is C[C@H](NC(=O)NCCCN1CCOCC1)c1cnn(C)c1. The summed E-state index contributed by atoms with van der Waals surface area (Å²) in [5.74, 6) is 0. The van der Waals surface area contributed by atoms with Gasteiger partial charge in [0.05, 0.1) is 25.5 Å². The van der Waals surface area contributed by atoms with Gasteiger partial charge in [-0.3, -0.25) is 9.58 Å². The second-order valence-corrected chi connectivity index (χ2v) is 5.38. The van der Waals surface area contributed by atoms with Crippen molar-refractivity contribution < 1.29 is 9.53 Å². The van der Waals surface area contributed by atoms with Crippen molar-refractivity contribution in [3.63, 3.8) is 0 Å². The van der Waals surface area contributed by atoms with Gasteiger partial charge in [-0.15, -0.1) is 0 Å². The first-order chi connectivity index (χ1) is 10.1. The molecular weight excluding hydrogens is 270 g/mol. The van der Waals surface area contributed by atoms with Gasteiger partial charge >= 0.3 is 6.03 Å². The number of carbonyl (C=O) groups is 1. The van der Waals surface area contributed by atoms with Crippen LogP contribution in [0.5, 0.6) is 0 Å². The zero-order chi connectivity index (χ0) is 15.1. The Morgan fingerprint density at radius 2 is 2.24 bits per heavy atom. The number of amides is 2. The molecule has 1 aromatic heterocycles. The molecule has 0 radical (unpaired) electrons. The Morgan fingerprint density at radius 3 is 2.90 bits per heavy atom. The maximum absolute atomic E-state index is 11.8. The normalized spacial score (nSPS) is 17.4. The second-order valence-electron chi connectivity index (χ2n) is 5.38. The fraction of sp³-hybridized carbons (Fsp3) is 0.714. The summed E-state index contributed by atoms with van der Waals surface area (Å²) in [4.78, 5) is 14.2. The van der Waals surface area contributed by atoms with E-state index in [2.05, 4.69) is 20.6 Å². The molecule has 0 saturated carbocycles. The molecule has 1 atom stereocenters. The lowest BCUT2D eigenvalue weighted by molar-refractivity contribution is 0.0375. The van der Waals surface area contributed by atoms with Crippen LogP contribution in [0.3, 0.4) is 0 Å². The van der Waals surface area contributed by atoms with E-state index in [-0.39, 0.29) is 12.1 Å². The molecule has 1 aliphatic rings. The average Bonchev–Trinajstić information content (AvgIpc) is 2.91. The van der Waals surface area contributed by atoms with Crippen LogP contribution in [0, 0.1) is 0 Å². The third-order valence-corrected chi connectivity index (χ3v) is 3.61. The minimum absolute atomic E-state index is 0.0436. The quantitative estimate of drug-likeness (QED) is 0.750. The van der Waals surface area contributed by atoms with E-state index in [4.69, 9.17) is 4.74 Å². The van der Waals surface area contributed by atoms with E-state index in [1.807, 2.05) is 20.2 Å². The largest absolute Gasteiger partial charge is 0.379 e. The lowest BCUT2D eigenvalue weighted by atomic mass is 10.2. The molecule has 0 aromatic carbocycles. The molecule has 0 spiro atoms. The number of hydrogen-bond donors (Lipinski definition) is 2. The number of rotatable bonds is 6. The standard InChI is InChI=1S/C14H25N5O2/c1-12(13-10-16-18(2)11-13)17-14(20)15-4-3-5-19-6-8-21-9-7-19/h10-12H,3-9H2,1-2H3,(H2,15,17,20)/t12-/m0/s1. The van der Waals surface area contributed by atoms with E-state index in [1.165, 1.54) is 0 Å². The highest BCUT2D eigenvalue weighted by Crippen LogP contribution is 2.09. The lowest BCUT2D eigenvalue weighted by Gasteiger charge is -2.26. The van der Waals surface area contributed by atoms with E-state index in [0.29, 0.717) is 6.54 Å². The summed E-state index contributed by atoms with van der Waals surface area (Å²) in [5, 5.41) is 9.91. The first kappa shape index (κ1) is 15.8. The van der Waals surface area contributed by atoms with Crippen LogP contribution in [-0.4, -0.2) is 60.1 Å². The first-order valence-electron chi connectivity index (χ1n) is 7.48. The third kappa shape index (κ3) is 5.35. The van der Waals surface area contributed by atoms with Crippen molar-refractivity contribution in [2.75, 3.05) is 39.4 Å². The van der Waals surface area contributed by atoms with Crippen LogP contribution in [0.2, 0.25) is 0 Å². The Labute approximate surface area is 125 Å². The van der Waals surface area contributed by atoms with Gasteiger partial charge < -0.3 is 15.4 Å². The van der Waals surface area contributed by atoms with Gasteiger partial charge in [0.1, 0.15) is 0 Å². The van der Waals surface area contributed by atoms with Gasteiger partial charge in [-0.25, -0.2) is 4.79 Å². The number of aryl methyl sites for hydroxylation is 1. The Balaban J connectivity index is 1.58. The minimum atomic E-state index is -0.131. The Hall–Kier alpha value is -1.60. The fourth-order valence-corrected chi connectivity index (χ4v) is 2.32. The van der Waals surface area contributed by atoms with E-state index in [9.17, 15) is 4.79 Å². The summed E-state index contributed by atoms with van der Waals surface area (Å²) >= 11 is 0. The Morgan fingerprint density at radius 1 is 1.48 bits per heavy atom. The number of ether oxygens (including phenoxy) is 1. The molecule has 1 saturated heterocycles. The minimum Gasteiger partial charge on any atom is -0.379 e. The molecule has 118 valence electrons. The van der Waals surface area contributed by atoms with Crippen LogP contribution < -0.4 is 10.6 Å². The van der Waals surface area contributed by atoms with Crippen LogP contribution in [0.25, 0.3) is 0 Å². The number of carbonyl (C=O) groups excluding carboxylic acids is 1. The van der Waals surface area contributed by atoms with Gasteiger partial charge in [0, 0.05) is 38.4 Å². The summed E-state index contributed by atoms with van der Waals surface area (Å²) in [6, 6.07) is -0.175. The number of hydrogen-bond acceptors (Lipinski definition) is 4. The predicted molar refractivity (Wildman–Crippen MR) is 80.0 cm³/mol. The smallest absolute Gasteiger partial charge is 0.315 e. The first-order valence-corrected chi connectivity index (χ1v) is 7.48. The van der Waals surface area contributed by atoms with Crippen molar-refractivity contribution in [2.45, 2.75) is 19.4 Å². The molecule has 1 aliphatic heterocycles. The van der Waals surface area contributed by atoms with Gasteiger partial charge in [0.15, 0.2) is 0 Å². The number of aromatic nitrogens is 2. The molecule has 0 bridgehead atoms. The summed E-state index contributed by atoms with van der Waals surface area (Å²) in [6.07, 6.45) is 4.63. The monoisotopic (exact) mass is 295 g/mol. The molecule has 2 heterocycles. The van der Waals surface area contributed by atoms with Gasteiger partial charge in [-0.1, -0.05) is 0 Å². The van der Waals surface area contributed by atoms with Crippen LogP contribution in [-0.2, 0) is 11.8 Å². The topological polar surface area (TPSA) is 71.4 Å². The van der Waals surface area contributed by atoms with E-state index >= 15 is 0 Å². The number of nitrogens with zero attached hydrogens (tertiary/aromatic N) is 3. The zero-order valence-corrected chi connectivity index (χ0v) is 12.8. The van der Waals surface area contributed by atoms with Gasteiger partial charge in [0.25, 0.3) is 0 Å². The van der Waals surface area contributed by atoms with Gasteiger partial charge in [-0.2, -0.15) is 5.10 Å². The van der Waals surface area contributed by atoms with E-state index in [0.717, 1.165) is 44.8 Å². The predicted octanol–water partition coefficient (Wildman–Crippen LogP) is 0.503. The molecule has 2 amide bonds. The second kappa shape index (κ2) is 7.99. The number of nitrogens with one attached hydrogen (secondary N) is 2. The van der Waals surface area contributed by atoms with Crippen molar-refractivity contribution in [3.8, 4) is 0 Å². The third-order valence-electron chi connectivity index (χ3n) is 3.61. The zero-order valence-electron chi connectivity index (χ0n) is 12.8. The molecule has 21 heavy (non-hydrogen) atoms. The summed E-state index contributed by atoms with van der Waals surface area (Å²) < 4.78 is 7.03. The maximum Gasteiger partial charge on any atom is 0.315 e. The molecule has 1 fully saturated rings.